The topological polar surface area (TPSA) is 185 Å². The monoisotopic (exact) mass is 479 g/mol. The third-order valence-electron chi connectivity index (χ3n) is 6.88. The van der Waals surface area contributed by atoms with Crippen LogP contribution in [0.2, 0.25) is 0 Å². The molecule has 5 heterocycles. The molecule has 13 nitrogen and oxygen atoms in total. The number of benzene rings is 1. The number of aromatic nitrogens is 4. The number of ether oxygens (including phenoxy) is 3. The Balaban J connectivity index is 1.41. The minimum absolute atomic E-state index is 0.0307. The van der Waals surface area contributed by atoms with E-state index >= 15 is 0 Å². The normalized spacial score (nSPS) is 24.6. The van der Waals surface area contributed by atoms with E-state index in [1.807, 2.05) is 0 Å². The number of aromatic amines is 1. The van der Waals surface area contributed by atoms with Crippen LogP contribution >= 0.6 is 0 Å². The number of carbonyl (C=O) groups is 1. The number of nitrogens with zero attached hydrogens (tertiary/aromatic N) is 3. The highest BCUT2D eigenvalue weighted by atomic mass is 16.7. The largest absolute Gasteiger partial charge is 0.496 e. The van der Waals surface area contributed by atoms with E-state index < -0.39 is 35.7 Å². The van der Waals surface area contributed by atoms with E-state index in [9.17, 15) is 19.5 Å². The number of hydrogen-bond acceptors (Lipinski definition) is 11. The van der Waals surface area contributed by atoms with E-state index in [0.29, 0.717) is 34.4 Å². The van der Waals surface area contributed by atoms with Crippen LogP contribution in [0, 0.1) is 0 Å². The summed E-state index contributed by atoms with van der Waals surface area (Å²) in [5.74, 6) is -0.411. The van der Waals surface area contributed by atoms with Gasteiger partial charge < -0.3 is 29.5 Å². The molecule has 0 saturated carbocycles. The second-order valence-corrected chi connectivity index (χ2v) is 8.67. The lowest BCUT2D eigenvalue weighted by Crippen LogP contribution is -2.25. The minimum atomic E-state index is -1.22. The van der Waals surface area contributed by atoms with Gasteiger partial charge in [0.15, 0.2) is 23.2 Å². The number of H-pyrrole nitrogens is 1. The molecule has 0 spiro atoms. The number of anilines is 1. The summed E-state index contributed by atoms with van der Waals surface area (Å²) in [6, 6.07) is 1.63. The Morgan fingerprint density at radius 3 is 2.91 bits per heavy atom. The molecule has 1 aromatic carbocycles. The highest BCUT2D eigenvalue weighted by Gasteiger charge is 2.54. The number of nitrogens with one attached hydrogen (secondary N) is 1. The molecule has 2 aliphatic heterocycles. The van der Waals surface area contributed by atoms with E-state index in [4.69, 9.17) is 24.4 Å². The Morgan fingerprint density at radius 2 is 2.11 bits per heavy atom. The zero-order valence-electron chi connectivity index (χ0n) is 18.1. The zero-order valence-corrected chi connectivity index (χ0v) is 18.1. The highest BCUT2D eigenvalue weighted by Crippen LogP contribution is 2.54. The first kappa shape index (κ1) is 20.2. The summed E-state index contributed by atoms with van der Waals surface area (Å²) in [4.78, 5) is 48.1. The molecule has 13 heteroatoms. The second-order valence-electron chi connectivity index (χ2n) is 8.67. The van der Waals surface area contributed by atoms with Gasteiger partial charge in [0.2, 0.25) is 12.2 Å². The molecule has 1 aliphatic carbocycles. The minimum Gasteiger partial charge on any atom is -0.496 e. The number of nitrogen functional groups attached to an aromatic ring is 1. The quantitative estimate of drug-likeness (QED) is 0.337. The average molecular weight is 479 g/mol. The zero-order chi connectivity index (χ0) is 24.2. The number of carbonyl (C=O) groups excluding carboxylic acids is 1. The van der Waals surface area contributed by atoms with Crippen LogP contribution in [0.25, 0.3) is 22.1 Å². The van der Waals surface area contributed by atoms with Gasteiger partial charge in [-0.3, -0.25) is 19.1 Å². The lowest BCUT2D eigenvalue weighted by atomic mass is 9.91. The lowest BCUT2D eigenvalue weighted by molar-refractivity contribution is -0.103. The molecule has 35 heavy (non-hydrogen) atoms. The Morgan fingerprint density at radius 1 is 1.29 bits per heavy atom. The number of nitrogens with two attached hydrogens (primary N) is 1. The van der Waals surface area contributed by atoms with Crippen molar-refractivity contribution < 1.29 is 28.5 Å². The molecule has 3 aliphatic rings. The summed E-state index contributed by atoms with van der Waals surface area (Å²) in [6.45, 7) is 0. The fourth-order valence-electron chi connectivity index (χ4n) is 5.45. The van der Waals surface area contributed by atoms with Gasteiger partial charge in [-0.25, -0.2) is 9.78 Å². The third-order valence-corrected chi connectivity index (χ3v) is 6.88. The molecule has 7 rings (SSSR count). The maximum atomic E-state index is 12.7. The standard InChI is InChI=1S/C22H17N5O8/c1-32-8-4-9-12(16-11(8)6-2-3-7(28)10(6)20(31)34-16)13-15(29)19(35-21(13)33-9)27-5-24-17-14(27)18(30)26-22(23)25-17/h4-5,13,15,19,21,29H,2-3H2,1H3,(H3,23,25,26,30)/t13-,15-,19?,21+/m1/s1. The van der Waals surface area contributed by atoms with Crippen molar-refractivity contribution in [2.45, 2.75) is 37.4 Å². The maximum absolute atomic E-state index is 12.7. The van der Waals surface area contributed by atoms with Crippen molar-refractivity contribution in [2.24, 2.45) is 0 Å². The van der Waals surface area contributed by atoms with Crippen LogP contribution in [-0.4, -0.2) is 49.9 Å². The van der Waals surface area contributed by atoms with Crippen LogP contribution in [0.5, 0.6) is 11.5 Å². The van der Waals surface area contributed by atoms with Crippen LogP contribution < -0.4 is 26.4 Å². The van der Waals surface area contributed by atoms with Gasteiger partial charge >= 0.3 is 5.63 Å². The van der Waals surface area contributed by atoms with Crippen LogP contribution in [0.4, 0.5) is 5.95 Å². The highest BCUT2D eigenvalue weighted by molar-refractivity contribution is 6.06. The van der Waals surface area contributed by atoms with Crippen LogP contribution in [-0.2, 0) is 11.2 Å². The summed E-state index contributed by atoms with van der Waals surface area (Å²) in [5, 5.41) is 11.9. The molecular weight excluding hydrogens is 462 g/mol. The number of imidazole rings is 1. The van der Waals surface area contributed by atoms with Crippen molar-refractivity contribution in [3.63, 3.8) is 0 Å². The average Bonchev–Trinajstić information content (AvgIpc) is 3.56. The van der Waals surface area contributed by atoms with Crippen molar-refractivity contribution in [1.29, 1.82) is 0 Å². The molecule has 4 atom stereocenters. The number of ketones is 1. The summed E-state index contributed by atoms with van der Waals surface area (Å²) in [6.07, 6.45) is -1.30. The number of aliphatic hydroxyl groups is 1. The van der Waals surface area contributed by atoms with Crippen LogP contribution in [0.1, 0.15) is 40.1 Å². The molecule has 4 aromatic rings. The van der Waals surface area contributed by atoms with Gasteiger partial charge in [-0.05, 0) is 12.0 Å². The number of rotatable bonds is 2. The summed E-state index contributed by atoms with van der Waals surface area (Å²) >= 11 is 0. The molecule has 178 valence electrons. The smallest absolute Gasteiger partial charge is 0.347 e. The van der Waals surface area contributed by atoms with E-state index in [-0.39, 0.29) is 40.5 Å². The van der Waals surface area contributed by atoms with Gasteiger partial charge in [0.05, 0.1) is 24.0 Å². The summed E-state index contributed by atoms with van der Waals surface area (Å²) < 4.78 is 24.5. The number of aryl methyl sites for hydroxylation is 1. The Hall–Kier alpha value is -4.23. The van der Waals surface area contributed by atoms with Gasteiger partial charge in [0, 0.05) is 12.5 Å². The SMILES string of the molecule is COc1cc2c(c3oc(=O)c4c(c13)CCC4=O)[C@H]1[C@@H](O2)OC(n2cnc3nc(N)[nH]c(=O)c32)[C@@H]1O. The molecule has 1 fully saturated rings. The van der Waals surface area contributed by atoms with Crippen molar-refractivity contribution in [2.75, 3.05) is 12.8 Å². The summed E-state index contributed by atoms with van der Waals surface area (Å²) in [5.41, 5.74) is 5.69. The lowest BCUT2D eigenvalue weighted by Gasteiger charge is -2.20. The molecule has 4 N–H and O–H groups in total. The number of Topliss-reactive ketones (excluding diaryl/α,β-unsaturated/α-hetero) is 1. The van der Waals surface area contributed by atoms with Crippen molar-refractivity contribution in [3.8, 4) is 11.5 Å². The van der Waals surface area contributed by atoms with Gasteiger partial charge in [-0.1, -0.05) is 0 Å². The number of fused-ring (bicyclic) bond motifs is 8. The predicted octanol–water partition coefficient (Wildman–Crippen LogP) is 0.338. The van der Waals surface area contributed by atoms with Gasteiger partial charge in [0.1, 0.15) is 35.1 Å². The van der Waals surface area contributed by atoms with Gasteiger partial charge in [-0.2, -0.15) is 4.98 Å². The van der Waals surface area contributed by atoms with E-state index in [1.54, 1.807) is 6.07 Å². The number of aliphatic hydroxyl groups excluding tert-OH is 1. The van der Waals surface area contributed by atoms with Crippen LogP contribution in [0.15, 0.2) is 26.4 Å². The van der Waals surface area contributed by atoms with Gasteiger partial charge in [-0.15, -0.1) is 0 Å². The summed E-state index contributed by atoms with van der Waals surface area (Å²) in [7, 11) is 1.47. The third kappa shape index (κ3) is 2.50. The molecule has 1 unspecified atom stereocenters. The van der Waals surface area contributed by atoms with Gasteiger partial charge in [0.25, 0.3) is 5.56 Å². The number of hydrogen-bond donors (Lipinski definition) is 3. The fourth-order valence-corrected chi connectivity index (χ4v) is 5.45. The van der Waals surface area contributed by atoms with Crippen molar-refractivity contribution >= 4 is 33.9 Å². The molecule has 0 amide bonds. The van der Waals surface area contributed by atoms with Crippen molar-refractivity contribution in [1.82, 2.24) is 19.5 Å². The van der Waals surface area contributed by atoms with Crippen molar-refractivity contribution in [3.05, 3.63) is 49.9 Å². The fraction of sp³-hybridized carbons (Fsp3) is 0.318. The molecule has 0 bridgehead atoms. The Bertz CT molecular complexity index is 1720. The molecular formula is C22H17N5O8. The molecule has 0 radical (unpaired) electrons. The maximum Gasteiger partial charge on any atom is 0.347 e. The van der Waals surface area contributed by atoms with E-state index in [0.717, 1.165) is 0 Å². The molecule has 1 saturated heterocycles. The first-order valence-electron chi connectivity index (χ1n) is 10.8. The van der Waals surface area contributed by atoms with E-state index in [1.165, 1.54) is 18.0 Å². The second kappa shape index (κ2) is 6.67. The molecule has 3 aromatic heterocycles. The first-order valence-corrected chi connectivity index (χ1v) is 10.8. The van der Waals surface area contributed by atoms with E-state index in [2.05, 4.69) is 15.0 Å². The predicted molar refractivity (Wildman–Crippen MR) is 118 cm³/mol. The Kier molecular flexibility index (Phi) is 3.85. The number of methoxy groups -OCH3 is 1. The van der Waals surface area contributed by atoms with Crippen LogP contribution in [0.3, 0.4) is 0 Å². The first-order chi connectivity index (χ1) is 16.9. The Labute approximate surface area is 194 Å².